The van der Waals surface area contributed by atoms with Gasteiger partial charge in [-0.3, -0.25) is 0 Å². The molecule has 2 aromatic carbocycles. The molecule has 1 aliphatic rings. The molecule has 2 aromatic rings. The van der Waals surface area contributed by atoms with Gasteiger partial charge in [0.2, 0.25) is 0 Å². The summed E-state index contributed by atoms with van der Waals surface area (Å²) in [6.07, 6.45) is 2.58. The van der Waals surface area contributed by atoms with E-state index in [1.54, 1.807) is 0 Å². The highest BCUT2D eigenvalue weighted by Crippen LogP contribution is 2.29. The molecular formula is C14H13O. The van der Waals surface area contributed by atoms with Crippen LogP contribution in [0.2, 0.25) is 0 Å². The lowest BCUT2D eigenvalue weighted by Crippen LogP contribution is -1.95. The maximum absolute atomic E-state index is 5.66. The van der Waals surface area contributed by atoms with Crippen molar-refractivity contribution in [2.75, 3.05) is 6.61 Å². The van der Waals surface area contributed by atoms with Crippen LogP contribution < -0.4 is 0 Å². The zero-order valence-corrected chi connectivity index (χ0v) is 8.57. The van der Waals surface area contributed by atoms with Crippen molar-refractivity contribution in [3.8, 4) is 0 Å². The van der Waals surface area contributed by atoms with Crippen molar-refractivity contribution in [1.82, 2.24) is 0 Å². The van der Waals surface area contributed by atoms with Crippen LogP contribution in [0.5, 0.6) is 0 Å². The van der Waals surface area contributed by atoms with Crippen molar-refractivity contribution in [3.63, 3.8) is 0 Å². The molecule has 1 unspecified atom stereocenters. The fourth-order valence-corrected chi connectivity index (χ4v) is 2.14. The average Bonchev–Trinajstić information content (AvgIpc) is 2.82. The maximum Gasteiger partial charge on any atom is 0.0832 e. The molecule has 3 rings (SSSR count). The minimum absolute atomic E-state index is 0.273. The van der Waals surface area contributed by atoms with Gasteiger partial charge in [0.15, 0.2) is 0 Å². The predicted molar refractivity (Wildman–Crippen MR) is 60.7 cm³/mol. The van der Waals surface area contributed by atoms with E-state index in [0.717, 1.165) is 13.0 Å². The Labute approximate surface area is 89.7 Å². The Morgan fingerprint density at radius 1 is 1.13 bits per heavy atom. The molecule has 0 aromatic heterocycles. The molecule has 1 atom stereocenters. The summed E-state index contributed by atoms with van der Waals surface area (Å²) in [7, 11) is 0. The zero-order valence-electron chi connectivity index (χ0n) is 8.57. The first-order valence-electron chi connectivity index (χ1n) is 5.46. The maximum atomic E-state index is 5.66. The Balaban J connectivity index is 2.05. The van der Waals surface area contributed by atoms with E-state index < -0.39 is 0 Å². The van der Waals surface area contributed by atoms with E-state index in [1.165, 1.54) is 22.8 Å². The number of rotatable bonds is 1. The van der Waals surface area contributed by atoms with Gasteiger partial charge in [0.05, 0.1) is 6.10 Å². The summed E-state index contributed by atoms with van der Waals surface area (Å²) < 4.78 is 5.66. The largest absolute Gasteiger partial charge is 0.374 e. The summed E-state index contributed by atoms with van der Waals surface area (Å²) in [5.41, 5.74) is 1.20. The standard InChI is InChI=1S/C14H13O/c1-2-5-12-10-13(8-7-11(12)4-1)14-6-3-9-15-14/h1-2,4-5,7-8,14H,3,6,9H2. The van der Waals surface area contributed by atoms with Crippen LogP contribution in [0.15, 0.2) is 36.4 Å². The third-order valence-corrected chi connectivity index (χ3v) is 2.96. The van der Waals surface area contributed by atoms with E-state index in [2.05, 4.69) is 42.5 Å². The molecule has 0 saturated carbocycles. The summed E-state index contributed by atoms with van der Waals surface area (Å²) in [6.45, 7) is 0.894. The highest BCUT2D eigenvalue weighted by molar-refractivity contribution is 5.82. The second-order valence-electron chi connectivity index (χ2n) is 4.00. The summed E-state index contributed by atoms with van der Waals surface area (Å²) >= 11 is 0. The van der Waals surface area contributed by atoms with Gasteiger partial charge in [-0.15, -0.1) is 0 Å². The molecule has 15 heavy (non-hydrogen) atoms. The van der Waals surface area contributed by atoms with Crippen LogP contribution in [0, 0.1) is 6.07 Å². The number of benzene rings is 2. The van der Waals surface area contributed by atoms with Gasteiger partial charge in [-0.2, -0.15) is 0 Å². The Morgan fingerprint density at radius 2 is 2.07 bits per heavy atom. The number of hydrogen-bond donors (Lipinski definition) is 0. The van der Waals surface area contributed by atoms with Gasteiger partial charge in [-0.1, -0.05) is 36.4 Å². The second kappa shape index (κ2) is 3.67. The van der Waals surface area contributed by atoms with Gasteiger partial charge in [0.25, 0.3) is 0 Å². The van der Waals surface area contributed by atoms with E-state index in [4.69, 9.17) is 4.74 Å². The Kier molecular flexibility index (Phi) is 2.18. The van der Waals surface area contributed by atoms with Gasteiger partial charge in [-0.05, 0) is 35.2 Å². The molecule has 0 N–H and O–H groups in total. The van der Waals surface area contributed by atoms with Crippen molar-refractivity contribution < 1.29 is 4.74 Å². The molecule has 0 aliphatic carbocycles. The van der Waals surface area contributed by atoms with Gasteiger partial charge in [0, 0.05) is 6.61 Å². The van der Waals surface area contributed by atoms with Crippen LogP contribution >= 0.6 is 0 Å². The van der Waals surface area contributed by atoms with E-state index in [-0.39, 0.29) is 6.10 Å². The molecule has 1 saturated heterocycles. The van der Waals surface area contributed by atoms with Crippen LogP contribution in [-0.4, -0.2) is 6.61 Å². The molecule has 1 radical (unpaired) electrons. The normalized spacial score (nSPS) is 20.9. The zero-order chi connectivity index (χ0) is 10.1. The molecule has 1 aliphatic heterocycles. The number of ether oxygens (including phenoxy) is 1. The van der Waals surface area contributed by atoms with Crippen LogP contribution in [0.1, 0.15) is 24.5 Å². The van der Waals surface area contributed by atoms with E-state index >= 15 is 0 Å². The molecule has 0 spiro atoms. The summed E-state index contributed by atoms with van der Waals surface area (Å²) in [5, 5.41) is 2.43. The minimum atomic E-state index is 0.273. The summed E-state index contributed by atoms with van der Waals surface area (Å²) in [6, 6.07) is 16.1. The van der Waals surface area contributed by atoms with Gasteiger partial charge in [0.1, 0.15) is 0 Å². The van der Waals surface area contributed by atoms with E-state index in [0.29, 0.717) is 0 Å². The molecule has 1 nitrogen and oxygen atoms in total. The quantitative estimate of drug-likeness (QED) is 0.680. The van der Waals surface area contributed by atoms with Gasteiger partial charge < -0.3 is 4.74 Å². The molecule has 1 heterocycles. The van der Waals surface area contributed by atoms with Crippen LogP contribution in [0.3, 0.4) is 0 Å². The van der Waals surface area contributed by atoms with Crippen LogP contribution in [0.4, 0.5) is 0 Å². The second-order valence-corrected chi connectivity index (χ2v) is 4.00. The monoisotopic (exact) mass is 197 g/mol. The van der Waals surface area contributed by atoms with Crippen LogP contribution in [0.25, 0.3) is 10.8 Å². The highest BCUT2D eigenvalue weighted by atomic mass is 16.5. The van der Waals surface area contributed by atoms with Crippen molar-refractivity contribution >= 4 is 10.8 Å². The molecular weight excluding hydrogens is 184 g/mol. The molecule has 0 bridgehead atoms. The Morgan fingerprint density at radius 3 is 2.93 bits per heavy atom. The van der Waals surface area contributed by atoms with E-state index in [9.17, 15) is 0 Å². The molecule has 0 amide bonds. The van der Waals surface area contributed by atoms with Crippen molar-refractivity contribution in [2.24, 2.45) is 0 Å². The van der Waals surface area contributed by atoms with Crippen molar-refractivity contribution in [2.45, 2.75) is 18.9 Å². The fourth-order valence-electron chi connectivity index (χ4n) is 2.14. The van der Waals surface area contributed by atoms with Crippen LogP contribution in [-0.2, 0) is 4.74 Å². The van der Waals surface area contributed by atoms with Gasteiger partial charge >= 0.3 is 0 Å². The topological polar surface area (TPSA) is 9.23 Å². The third-order valence-electron chi connectivity index (χ3n) is 2.96. The molecule has 75 valence electrons. The summed E-state index contributed by atoms with van der Waals surface area (Å²) in [4.78, 5) is 0. The molecule has 1 heteroatoms. The first-order chi connectivity index (χ1) is 7.43. The first kappa shape index (κ1) is 8.93. The SMILES string of the molecule is [c]1c(C2CCCO2)ccc2ccccc12. The highest BCUT2D eigenvalue weighted by Gasteiger charge is 2.17. The van der Waals surface area contributed by atoms with Crippen molar-refractivity contribution in [3.05, 3.63) is 48.0 Å². The lowest BCUT2D eigenvalue weighted by atomic mass is 10.0. The minimum Gasteiger partial charge on any atom is -0.374 e. The first-order valence-corrected chi connectivity index (χ1v) is 5.46. The predicted octanol–water partition coefficient (Wildman–Crippen LogP) is 3.49. The fraction of sp³-hybridized carbons (Fsp3) is 0.286. The number of hydrogen-bond acceptors (Lipinski definition) is 1. The lowest BCUT2D eigenvalue weighted by Gasteiger charge is -2.09. The lowest BCUT2D eigenvalue weighted by molar-refractivity contribution is 0.112. The number of fused-ring (bicyclic) bond motifs is 1. The van der Waals surface area contributed by atoms with Gasteiger partial charge in [-0.25, -0.2) is 0 Å². The Hall–Kier alpha value is -1.34. The third kappa shape index (κ3) is 1.64. The molecule has 1 fully saturated rings. The Bertz CT molecular complexity index is 469. The summed E-state index contributed by atoms with van der Waals surface area (Å²) in [5.74, 6) is 0. The van der Waals surface area contributed by atoms with Crippen molar-refractivity contribution in [1.29, 1.82) is 0 Å². The smallest absolute Gasteiger partial charge is 0.0832 e. The van der Waals surface area contributed by atoms with E-state index in [1.807, 2.05) is 0 Å². The average molecular weight is 197 g/mol.